The molecule has 5 unspecified atom stereocenters. The molecule has 0 aromatic heterocycles. The zero-order valence-corrected chi connectivity index (χ0v) is 12.2. The van der Waals surface area contributed by atoms with E-state index in [-0.39, 0.29) is 19.6 Å². The molecule has 5 atom stereocenters. The van der Waals surface area contributed by atoms with E-state index in [1.54, 1.807) is 4.72 Å². The first-order valence-electron chi connectivity index (χ1n) is 5.06. The molecule has 14 heteroatoms. The van der Waals surface area contributed by atoms with Crippen molar-refractivity contribution in [1.29, 1.82) is 0 Å². The molecule has 1 saturated heterocycles. The highest BCUT2D eigenvalue weighted by Gasteiger charge is 2.36. The van der Waals surface area contributed by atoms with Crippen LogP contribution < -0.4 is 4.72 Å². The van der Waals surface area contributed by atoms with Crippen LogP contribution in [-0.2, 0) is 46.1 Å². The maximum Gasteiger partial charge on any atom is 0.333 e. The lowest BCUT2D eigenvalue weighted by Crippen LogP contribution is -2.53. The predicted octanol–water partition coefficient (Wildman–Crippen LogP) is -1.79. The minimum Gasteiger partial charge on any atom is -0.374 e. The third kappa shape index (κ3) is 7.11. The van der Waals surface area contributed by atoms with Gasteiger partial charge in [0.1, 0.15) is 0 Å². The molecular weight excluding hydrogens is 342 g/mol. The summed E-state index contributed by atoms with van der Waals surface area (Å²) in [7, 11) is -4.55. The molecule has 0 aromatic carbocycles. The third-order valence-electron chi connectivity index (χ3n) is 2.32. The SMILES string of the molecule is O=S(O)OCC1CC(OS(=O)O)C(NS(=O)(=O)O)CO1. The summed E-state index contributed by atoms with van der Waals surface area (Å²) in [4.78, 5) is 0. The molecule has 20 heavy (non-hydrogen) atoms. The molecule has 0 spiro atoms. The van der Waals surface area contributed by atoms with Crippen LogP contribution in [0, 0.1) is 0 Å². The van der Waals surface area contributed by atoms with Crippen LogP contribution in [0.15, 0.2) is 0 Å². The summed E-state index contributed by atoms with van der Waals surface area (Å²) >= 11 is -5.16. The summed E-state index contributed by atoms with van der Waals surface area (Å²) in [5.74, 6) is 0. The van der Waals surface area contributed by atoms with Crippen molar-refractivity contribution in [3.05, 3.63) is 0 Å². The van der Waals surface area contributed by atoms with E-state index in [4.69, 9.17) is 18.4 Å². The minimum absolute atomic E-state index is 0.0866. The van der Waals surface area contributed by atoms with Gasteiger partial charge in [0.15, 0.2) is 0 Å². The minimum atomic E-state index is -4.55. The summed E-state index contributed by atoms with van der Waals surface area (Å²) in [6, 6.07) is -1.09. The number of ether oxygens (including phenoxy) is 1. The average Bonchev–Trinajstić information content (AvgIpc) is 2.27. The van der Waals surface area contributed by atoms with Crippen LogP contribution in [0.3, 0.4) is 0 Å². The Hall–Kier alpha value is -0.0300. The van der Waals surface area contributed by atoms with Crippen molar-refractivity contribution in [3.8, 4) is 0 Å². The van der Waals surface area contributed by atoms with Crippen LogP contribution in [0.2, 0.25) is 0 Å². The van der Waals surface area contributed by atoms with E-state index in [1.165, 1.54) is 0 Å². The first-order valence-corrected chi connectivity index (χ1v) is 8.56. The Labute approximate surface area is 119 Å². The van der Waals surface area contributed by atoms with Gasteiger partial charge >= 0.3 is 33.0 Å². The Morgan fingerprint density at radius 3 is 2.45 bits per heavy atom. The summed E-state index contributed by atoms with van der Waals surface area (Å²) in [6.07, 6.45) is -1.91. The van der Waals surface area contributed by atoms with Crippen molar-refractivity contribution < 1.29 is 43.6 Å². The second-order valence-electron chi connectivity index (χ2n) is 3.74. The molecule has 1 heterocycles. The highest BCUT2D eigenvalue weighted by Crippen LogP contribution is 2.19. The van der Waals surface area contributed by atoms with Crippen molar-refractivity contribution in [2.24, 2.45) is 0 Å². The molecule has 1 aliphatic rings. The number of rotatable bonds is 7. The fraction of sp³-hybridized carbons (Fsp3) is 1.00. The lowest BCUT2D eigenvalue weighted by atomic mass is 10.0. The zero-order chi connectivity index (χ0) is 15.3. The van der Waals surface area contributed by atoms with Gasteiger partial charge in [-0.15, -0.1) is 0 Å². The molecule has 1 fully saturated rings. The van der Waals surface area contributed by atoms with E-state index in [0.29, 0.717) is 0 Å². The molecule has 1 aliphatic heterocycles. The van der Waals surface area contributed by atoms with Crippen LogP contribution >= 0.6 is 0 Å². The highest BCUT2D eigenvalue weighted by molar-refractivity contribution is 7.83. The van der Waals surface area contributed by atoms with Gasteiger partial charge in [0.2, 0.25) is 0 Å². The zero-order valence-electron chi connectivity index (χ0n) is 9.78. The molecule has 0 aliphatic carbocycles. The molecule has 1 rings (SSSR count). The van der Waals surface area contributed by atoms with Gasteiger partial charge in [0.05, 0.1) is 31.5 Å². The van der Waals surface area contributed by atoms with E-state index in [0.717, 1.165) is 0 Å². The van der Waals surface area contributed by atoms with E-state index >= 15 is 0 Å². The first kappa shape index (κ1) is 18.0. The lowest BCUT2D eigenvalue weighted by molar-refractivity contribution is -0.0661. The monoisotopic (exact) mass is 355 g/mol. The van der Waals surface area contributed by atoms with Gasteiger partial charge in [0.25, 0.3) is 0 Å². The summed E-state index contributed by atoms with van der Waals surface area (Å²) < 4.78 is 84.1. The molecule has 0 saturated carbocycles. The van der Waals surface area contributed by atoms with Crippen LogP contribution in [0.25, 0.3) is 0 Å². The first-order chi connectivity index (χ1) is 9.17. The molecule has 11 nitrogen and oxygen atoms in total. The van der Waals surface area contributed by atoms with Crippen molar-refractivity contribution >= 4 is 33.0 Å². The average molecular weight is 355 g/mol. The topological polar surface area (TPSA) is 169 Å². The number of hydrogen-bond donors (Lipinski definition) is 4. The van der Waals surface area contributed by atoms with E-state index in [9.17, 15) is 16.8 Å². The fourth-order valence-electron chi connectivity index (χ4n) is 1.60. The molecule has 0 bridgehead atoms. The Morgan fingerprint density at radius 1 is 1.30 bits per heavy atom. The Morgan fingerprint density at radius 2 is 1.95 bits per heavy atom. The molecule has 0 aromatic rings. The lowest BCUT2D eigenvalue weighted by Gasteiger charge is -2.34. The van der Waals surface area contributed by atoms with E-state index < -0.39 is 51.3 Å². The normalized spacial score (nSPS) is 30.9. The third-order valence-corrected chi connectivity index (χ3v) is 3.67. The van der Waals surface area contributed by atoms with Crippen LogP contribution in [0.1, 0.15) is 6.42 Å². The molecule has 0 radical (unpaired) electrons. The van der Waals surface area contributed by atoms with Crippen LogP contribution in [0.4, 0.5) is 0 Å². The van der Waals surface area contributed by atoms with Crippen molar-refractivity contribution in [1.82, 2.24) is 4.72 Å². The number of nitrogens with one attached hydrogen (secondary N) is 1. The molecule has 4 N–H and O–H groups in total. The van der Waals surface area contributed by atoms with Crippen LogP contribution in [-0.4, -0.2) is 62.0 Å². The summed E-state index contributed by atoms with van der Waals surface area (Å²) in [6.45, 7) is -0.576. The number of hydrogen-bond acceptors (Lipinski definition) is 7. The standard InChI is InChI=1S/C6H13NO10S3/c8-18(9)16-2-4-1-6(17-19(10)11)5(3-15-4)7-20(12,13)14/h4-7H,1-3H2,(H,8,9)(H,10,11)(H,12,13,14). The largest absolute Gasteiger partial charge is 0.374 e. The van der Waals surface area contributed by atoms with Crippen molar-refractivity contribution in [3.63, 3.8) is 0 Å². The van der Waals surface area contributed by atoms with E-state index in [2.05, 4.69) is 8.37 Å². The Bertz CT molecular complexity index is 466. The van der Waals surface area contributed by atoms with Gasteiger partial charge in [-0.1, -0.05) is 0 Å². The maximum atomic E-state index is 10.7. The highest BCUT2D eigenvalue weighted by atomic mass is 32.2. The van der Waals surface area contributed by atoms with Crippen molar-refractivity contribution in [2.75, 3.05) is 13.2 Å². The van der Waals surface area contributed by atoms with Gasteiger partial charge in [-0.2, -0.15) is 21.6 Å². The second kappa shape index (κ2) is 7.83. The quantitative estimate of drug-likeness (QED) is 0.302. The molecule has 120 valence electrons. The smallest absolute Gasteiger partial charge is 0.333 e. The Kier molecular flexibility index (Phi) is 7.06. The summed E-state index contributed by atoms with van der Waals surface area (Å²) in [5.41, 5.74) is 0. The van der Waals surface area contributed by atoms with Gasteiger partial charge in [-0.05, 0) is 0 Å². The molecule has 0 amide bonds. The van der Waals surface area contributed by atoms with Gasteiger partial charge in [-0.3, -0.25) is 22.0 Å². The fourth-order valence-corrected chi connectivity index (χ4v) is 2.90. The van der Waals surface area contributed by atoms with Gasteiger partial charge in [0, 0.05) is 6.42 Å². The van der Waals surface area contributed by atoms with Crippen LogP contribution in [0.5, 0.6) is 0 Å². The van der Waals surface area contributed by atoms with Gasteiger partial charge < -0.3 is 4.74 Å². The maximum absolute atomic E-state index is 10.7. The predicted molar refractivity (Wildman–Crippen MR) is 65.2 cm³/mol. The van der Waals surface area contributed by atoms with Crippen molar-refractivity contribution in [2.45, 2.75) is 24.7 Å². The summed E-state index contributed by atoms with van der Waals surface area (Å²) in [5, 5.41) is 0. The molecular formula is C6H13NO10S3. The van der Waals surface area contributed by atoms with Gasteiger partial charge in [-0.25, -0.2) is 0 Å². The Balaban J connectivity index is 2.65. The second-order valence-corrected chi connectivity index (χ2v) is 6.23. The van der Waals surface area contributed by atoms with E-state index in [1.807, 2.05) is 0 Å².